The normalized spacial score (nSPS) is 18.6. The maximum absolute atomic E-state index is 13.0. The summed E-state index contributed by atoms with van der Waals surface area (Å²) < 4.78 is 27.4. The lowest BCUT2D eigenvalue weighted by molar-refractivity contribution is -0.120. The van der Waals surface area contributed by atoms with E-state index >= 15 is 0 Å². The Morgan fingerprint density at radius 2 is 2.07 bits per heavy atom. The number of amides is 1. The summed E-state index contributed by atoms with van der Waals surface area (Å²) in [6, 6.07) is 7.10. The van der Waals surface area contributed by atoms with Gasteiger partial charge in [0.1, 0.15) is 0 Å². The van der Waals surface area contributed by atoms with Crippen molar-refractivity contribution < 1.29 is 13.2 Å². The van der Waals surface area contributed by atoms with Crippen LogP contribution in [0.4, 0.5) is 5.13 Å². The predicted molar refractivity (Wildman–Crippen MR) is 107 cm³/mol. The molecule has 1 N–H and O–H groups in total. The summed E-state index contributed by atoms with van der Waals surface area (Å²) in [5, 5.41) is 5.11. The number of carbonyl (C=O) groups excluding carboxylic acids is 1. The Kier molecular flexibility index (Phi) is 6.29. The summed E-state index contributed by atoms with van der Waals surface area (Å²) >= 11 is 1.35. The number of sulfonamides is 1. The Morgan fingerprint density at radius 3 is 2.70 bits per heavy atom. The lowest BCUT2D eigenvalue weighted by Gasteiger charge is -2.31. The third-order valence-corrected chi connectivity index (χ3v) is 7.19. The molecule has 1 saturated heterocycles. The average molecular weight is 408 g/mol. The fourth-order valence-electron chi connectivity index (χ4n) is 3.29. The van der Waals surface area contributed by atoms with Crippen LogP contribution in [0.15, 0.2) is 40.7 Å². The number of nitrogens with one attached hydrogen (secondary N) is 1. The van der Waals surface area contributed by atoms with Crippen molar-refractivity contribution in [3.8, 4) is 0 Å². The second-order valence-corrected chi connectivity index (χ2v) is 10.1. The fourth-order valence-corrected chi connectivity index (χ4v) is 5.34. The Balaban J connectivity index is 1.69. The van der Waals surface area contributed by atoms with Crippen molar-refractivity contribution in [3.05, 3.63) is 41.4 Å². The molecule has 146 valence electrons. The van der Waals surface area contributed by atoms with Crippen molar-refractivity contribution in [1.29, 1.82) is 0 Å². The van der Waals surface area contributed by atoms with Crippen molar-refractivity contribution in [1.82, 2.24) is 9.29 Å². The van der Waals surface area contributed by atoms with Crippen LogP contribution in [0.2, 0.25) is 0 Å². The predicted octanol–water partition coefficient (Wildman–Crippen LogP) is 3.38. The molecular formula is C19H25N3O3S2. The summed E-state index contributed by atoms with van der Waals surface area (Å²) in [5.74, 6) is -0.0126. The minimum atomic E-state index is -3.60. The standard InChI is InChI=1S/C19H25N3O3S2/c1-14(2)12-15-5-7-17(8-6-15)27(24,25)22-10-3-4-16(13-22)18(23)21-19-20-9-11-26-19/h5-9,11,14,16H,3-4,10,12-13H2,1-2H3,(H,20,21,23). The molecule has 1 aromatic carbocycles. The van der Waals surface area contributed by atoms with Crippen LogP contribution in [0, 0.1) is 11.8 Å². The number of carbonyl (C=O) groups is 1. The number of hydrogen-bond donors (Lipinski definition) is 1. The molecule has 8 heteroatoms. The molecular weight excluding hydrogens is 382 g/mol. The van der Waals surface area contributed by atoms with Gasteiger partial charge < -0.3 is 5.32 Å². The summed E-state index contributed by atoms with van der Waals surface area (Å²) in [5.41, 5.74) is 1.13. The number of piperidine rings is 1. The number of benzene rings is 1. The Labute approximate surface area is 164 Å². The van der Waals surface area contributed by atoms with Crippen molar-refractivity contribution in [3.63, 3.8) is 0 Å². The van der Waals surface area contributed by atoms with Gasteiger partial charge >= 0.3 is 0 Å². The molecule has 27 heavy (non-hydrogen) atoms. The third-order valence-electron chi connectivity index (χ3n) is 4.62. The molecule has 0 radical (unpaired) electrons. The molecule has 1 aromatic heterocycles. The van der Waals surface area contributed by atoms with E-state index in [-0.39, 0.29) is 23.3 Å². The van der Waals surface area contributed by atoms with Crippen molar-refractivity contribution in [2.24, 2.45) is 11.8 Å². The van der Waals surface area contributed by atoms with E-state index in [9.17, 15) is 13.2 Å². The summed E-state index contributed by atoms with van der Waals surface area (Å²) in [4.78, 5) is 16.8. The van der Waals surface area contributed by atoms with E-state index in [1.807, 2.05) is 12.1 Å². The molecule has 0 aliphatic carbocycles. The van der Waals surface area contributed by atoms with E-state index in [2.05, 4.69) is 24.1 Å². The second kappa shape index (κ2) is 8.50. The number of hydrogen-bond acceptors (Lipinski definition) is 5. The SMILES string of the molecule is CC(C)Cc1ccc(S(=O)(=O)N2CCCC(C(=O)Nc3nccs3)C2)cc1. The smallest absolute Gasteiger partial charge is 0.243 e. The van der Waals surface area contributed by atoms with Gasteiger partial charge in [0.2, 0.25) is 15.9 Å². The first kappa shape index (κ1) is 20.0. The highest BCUT2D eigenvalue weighted by atomic mass is 32.2. The van der Waals surface area contributed by atoms with Gasteiger partial charge in [0.15, 0.2) is 5.13 Å². The number of thiazole rings is 1. The number of nitrogens with zero attached hydrogens (tertiary/aromatic N) is 2. The molecule has 1 aliphatic heterocycles. The first-order valence-electron chi connectivity index (χ1n) is 9.15. The molecule has 0 bridgehead atoms. The topological polar surface area (TPSA) is 79.4 Å². The number of aromatic nitrogens is 1. The van der Waals surface area contributed by atoms with Crippen LogP contribution in [0.5, 0.6) is 0 Å². The lowest BCUT2D eigenvalue weighted by atomic mass is 9.99. The van der Waals surface area contributed by atoms with Gasteiger partial charge in [-0.1, -0.05) is 26.0 Å². The van der Waals surface area contributed by atoms with E-state index < -0.39 is 10.0 Å². The van der Waals surface area contributed by atoms with E-state index in [0.29, 0.717) is 30.4 Å². The number of anilines is 1. The molecule has 1 amide bonds. The highest BCUT2D eigenvalue weighted by Crippen LogP contribution is 2.25. The lowest BCUT2D eigenvalue weighted by Crippen LogP contribution is -2.43. The van der Waals surface area contributed by atoms with Crippen LogP contribution >= 0.6 is 11.3 Å². The summed E-state index contributed by atoms with van der Waals surface area (Å²) in [6.07, 6.45) is 3.89. The highest BCUT2D eigenvalue weighted by Gasteiger charge is 2.33. The monoisotopic (exact) mass is 407 g/mol. The van der Waals surface area contributed by atoms with E-state index in [1.54, 1.807) is 23.7 Å². The van der Waals surface area contributed by atoms with Crippen LogP contribution in [-0.2, 0) is 21.2 Å². The van der Waals surface area contributed by atoms with Gasteiger partial charge in [-0.3, -0.25) is 4.79 Å². The molecule has 1 fully saturated rings. The molecule has 3 rings (SSSR count). The zero-order valence-electron chi connectivity index (χ0n) is 15.6. The molecule has 2 heterocycles. The van der Waals surface area contributed by atoms with Crippen LogP contribution in [-0.4, -0.2) is 36.7 Å². The van der Waals surface area contributed by atoms with Crippen molar-refractivity contribution in [2.45, 2.75) is 38.0 Å². The maximum atomic E-state index is 13.0. The molecule has 0 spiro atoms. The third kappa shape index (κ3) is 4.94. The van der Waals surface area contributed by atoms with Crippen LogP contribution < -0.4 is 5.32 Å². The average Bonchev–Trinajstić information content (AvgIpc) is 3.15. The van der Waals surface area contributed by atoms with Crippen molar-refractivity contribution >= 4 is 32.4 Å². The van der Waals surface area contributed by atoms with Gasteiger partial charge in [0, 0.05) is 24.7 Å². The van der Waals surface area contributed by atoms with E-state index in [0.717, 1.165) is 12.0 Å². The van der Waals surface area contributed by atoms with Gasteiger partial charge in [0.25, 0.3) is 0 Å². The van der Waals surface area contributed by atoms with Gasteiger partial charge in [-0.2, -0.15) is 4.31 Å². The fraction of sp³-hybridized carbons (Fsp3) is 0.474. The molecule has 6 nitrogen and oxygen atoms in total. The minimum absolute atomic E-state index is 0.169. The second-order valence-electron chi connectivity index (χ2n) is 7.27. The van der Waals surface area contributed by atoms with Gasteiger partial charge in [0.05, 0.1) is 10.8 Å². The van der Waals surface area contributed by atoms with Crippen LogP contribution in [0.25, 0.3) is 0 Å². The van der Waals surface area contributed by atoms with Crippen LogP contribution in [0.3, 0.4) is 0 Å². The quantitative estimate of drug-likeness (QED) is 0.796. The van der Waals surface area contributed by atoms with E-state index in [4.69, 9.17) is 0 Å². The van der Waals surface area contributed by atoms with E-state index in [1.165, 1.54) is 15.6 Å². The molecule has 0 saturated carbocycles. The molecule has 1 unspecified atom stereocenters. The molecule has 2 aromatic rings. The Morgan fingerprint density at radius 1 is 1.33 bits per heavy atom. The van der Waals surface area contributed by atoms with Crippen LogP contribution in [0.1, 0.15) is 32.3 Å². The first-order chi connectivity index (χ1) is 12.9. The van der Waals surface area contributed by atoms with Crippen molar-refractivity contribution in [2.75, 3.05) is 18.4 Å². The Bertz CT molecular complexity index is 862. The summed E-state index contributed by atoms with van der Waals surface area (Å²) in [6.45, 7) is 4.91. The first-order valence-corrected chi connectivity index (χ1v) is 11.5. The zero-order valence-corrected chi connectivity index (χ0v) is 17.2. The Hall–Kier alpha value is -1.77. The summed E-state index contributed by atoms with van der Waals surface area (Å²) in [7, 11) is -3.60. The zero-order chi connectivity index (χ0) is 19.4. The largest absolute Gasteiger partial charge is 0.302 e. The highest BCUT2D eigenvalue weighted by molar-refractivity contribution is 7.89. The number of rotatable bonds is 6. The maximum Gasteiger partial charge on any atom is 0.243 e. The molecule has 1 atom stereocenters. The molecule has 1 aliphatic rings. The van der Waals surface area contributed by atoms with Gasteiger partial charge in [-0.15, -0.1) is 11.3 Å². The van der Waals surface area contributed by atoms with Gasteiger partial charge in [-0.25, -0.2) is 13.4 Å². The minimum Gasteiger partial charge on any atom is -0.302 e. The van der Waals surface area contributed by atoms with Gasteiger partial charge in [-0.05, 0) is 42.9 Å².